The molecule has 33 heavy (non-hydrogen) atoms. The number of imidazole rings is 1. The Bertz CT molecular complexity index is 1290. The number of hydrogen-bond donors (Lipinski definition) is 1. The van der Waals surface area contributed by atoms with Crippen LogP contribution in [0.5, 0.6) is 0 Å². The monoisotopic (exact) mass is 468 g/mol. The van der Waals surface area contributed by atoms with Crippen molar-refractivity contribution in [1.29, 1.82) is 0 Å². The standard InChI is InChI=1S/C23H25ClN6O3/c1-4-20(31)28-9-14-15(10-28)16(14)11-29-12-18(21-25-8-19(24)30(21)23(29)32)27-17-6-5-13(2)7-26-22(17)33-3/h4,6-8,12,14-16,27H,1,5,9-11H2,2-3H3. The van der Waals surface area contributed by atoms with Crippen molar-refractivity contribution in [3.05, 3.63) is 64.2 Å². The van der Waals surface area contributed by atoms with Crippen molar-refractivity contribution in [2.24, 2.45) is 22.7 Å². The molecule has 0 bridgehead atoms. The number of fused-ring (bicyclic) bond motifs is 2. The van der Waals surface area contributed by atoms with E-state index in [4.69, 9.17) is 16.3 Å². The third-order valence-corrected chi connectivity index (χ3v) is 6.94. The second kappa shape index (κ2) is 8.22. The van der Waals surface area contributed by atoms with Gasteiger partial charge in [-0.25, -0.2) is 19.2 Å². The molecule has 172 valence electrons. The first kappa shape index (κ1) is 21.5. The van der Waals surface area contributed by atoms with Gasteiger partial charge in [0.25, 0.3) is 0 Å². The number of halogens is 1. The molecule has 0 aromatic carbocycles. The first-order valence-corrected chi connectivity index (χ1v) is 11.2. The van der Waals surface area contributed by atoms with Crippen LogP contribution in [-0.2, 0) is 16.1 Å². The molecule has 1 saturated heterocycles. The molecule has 2 aromatic heterocycles. The summed E-state index contributed by atoms with van der Waals surface area (Å²) in [6, 6.07) is 0. The molecule has 4 heterocycles. The Kier molecular flexibility index (Phi) is 5.36. The number of allylic oxidation sites excluding steroid dienone is 2. The average molecular weight is 469 g/mol. The highest BCUT2D eigenvalue weighted by Gasteiger charge is 2.56. The third kappa shape index (κ3) is 3.76. The van der Waals surface area contributed by atoms with Crippen LogP contribution in [0.3, 0.4) is 0 Å². The van der Waals surface area contributed by atoms with Crippen molar-refractivity contribution in [3.8, 4) is 0 Å². The lowest BCUT2D eigenvalue weighted by Gasteiger charge is -2.19. The van der Waals surface area contributed by atoms with Gasteiger partial charge in [0.1, 0.15) is 5.15 Å². The van der Waals surface area contributed by atoms with Gasteiger partial charge in [-0.05, 0) is 37.2 Å². The molecule has 1 aliphatic carbocycles. The molecular weight excluding hydrogens is 444 g/mol. The molecule has 0 spiro atoms. The normalized spacial score (nSPS) is 23.9. The predicted octanol–water partition coefficient (Wildman–Crippen LogP) is 2.69. The maximum absolute atomic E-state index is 13.2. The van der Waals surface area contributed by atoms with Crippen molar-refractivity contribution in [1.82, 2.24) is 18.9 Å². The average Bonchev–Trinajstić information content (AvgIpc) is 3.10. The smallest absolute Gasteiger partial charge is 0.335 e. The number of aromatic nitrogens is 3. The first-order chi connectivity index (χ1) is 15.9. The van der Waals surface area contributed by atoms with Crippen molar-refractivity contribution >= 4 is 34.7 Å². The van der Waals surface area contributed by atoms with Gasteiger partial charge in [0.15, 0.2) is 5.65 Å². The molecule has 1 N–H and O–H groups in total. The Morgan fingerprint density at radius 3 is 2.85 bits per heavy atom. The number of carbonyl (C=O) groups excluding carboxylic acids is 1. The van der Waals surface area contributed by atoms with E-state index < -0.39 is 0 Å². The van der Waals surface area contributed by atoms with Crippen LogP contribution in [0.25, 0.3) is 5.65 Å². The van der Waals surface area contributed by atoms with Crippen LogP contribution >= 0.6 is 11.6 Å². The summed E-state index contributed by atoms with van der Waals surface area (Å²) in [4.78, 5) is 35.6. The fourth-order valence-corrected chi connectivity index (χ4v) is 5.03. The fraction of sp³-hybridized carbons (Fsp3) is 0.391. The largest absolute Gasteiger partial charge is 0.480 e. The first-order valence-electron chi connectivity index (χ1n) is 10.8. The molecule has 0 radical (unpaired) electrons. The predicted molar refractivity (Wildman–Crippen MR) is 126 cm³/mol. The van der Waals surface area contributed by atoms with E-state index in [2.05, 4.69) is 21.9 Å². The minimum absolute atomic E-state index is 0.0340. The second-order valence-corrected chi connectivity index (χ2v) is 9.10. The number of nitrogens with zero attached hydrogens (tertiary/aromatic N) is 5. The van der Waals surface area contributed by atoms with E-state index in [1.165, 1.54) is 16.7 Å². The van der Waals surface area contributed by atoms with Crippen LogP contribution in [0, 0.1) is 17.8 Å². The zero-order valence-corrected chi connectivity index (χ0v) is 19.2. The molecule has 10 heteroatoms. The van der Waals surface area contributed by atoms with Crippen molar-refractivity contribution in [3.63, 3.8) is 0 Å². The molecule has 2 aromatic rings. The Labute approximate surface area is 195 Å². The molecule has 5 rings (SSSR count). The van der Waals surface area contributed by atoms with Crippen LogP contribution in [0.15, 0.2) is 58.4 Å². The number of hydrogen-bond acceptors (Lipinski definition) is 6. The van der Waals surface area contributed by atoms with Gasteiger partial charge in [-0.3, -0.25) is 9.36 Å². The number of anilines is 1. The van der Waals surface area contributed by atoms with Gasteiger partial charge in [0.05, 0.1) is 24.7 Å². The maximum Gasteiger partial charge on any atom is 0.335 e. The lowest BCUT2D eigenvalue weighted by Crippen LogP contribution is -2.32. The number of amides is 1. The highest BCUT2D eigenvalue weighted by Crippen LogP contribution is 2.52. The Morgan fingerprint density at radius 2 is 2.15 bits per heavy atom. The summed E-state index contributed by atoms with van der Waals surface area (Å²) < 4.78 is 8.53. The van der Waals surface area contributed by atoms with E-state index in [1.807, 2.05) is 17.9 Å². The van der Waals surface area contributed by atoms with E-state index in [1.54, 1.807) is 24.1 Å². The van der Waals surface area contributed by atoms with E-state index in [0.29, 0.717) is 60.3 Å². The fourth-order valence-electron chi connectivity index (χ4n) is 4.83. The van der Waals surface area contributed by atoms with Gasteiger partial charge in [-0.1, -0.05) is 29.8 Å². The molecule has 2 aliphatic heterocycles. The van der Waals surface area contributed by atoms with E-state index in [0.717, 1.165) is 12.0 Å². The molecule has 2 atom stereocenters. The lowest BCUT2D eigenvalue weighted by molar-refractivity contribution is -0.125. The Morgan fingerprint density at radius 1 is 1.39 bits per heavy atom. The molecule has 2 unspecified atom stereocenters. The summed E-state index contributed by atoms with van der Waals surface area (Å²) in [7, 11) is 1.57. The van der Waals surface area contributed by atoms with Gasteiger partial charge in [0, 0.05) is 32.0 Å². The lowest BCUT2D eigenvalue weighted by atomic mass is 10.2. The molecule has 2 fully saturated rings. The minimum Gasteiger partial charge on any atom is -0.480 e. The van der Waals surface area contributed by atoms with Crippen molar-refractivity contribution in [2.45, 2.75) is 19.9 Å². The zero-order chi connectivity index (χ0) is 23.3. The topological polar surface area (TPSA) is 93.2 Å². The van der Waals surface area contributed by atoms with Crippen LogP contribution in [0.2, 0.25) is 5.15 Å². The number of aliphatic imine (C=N–C) groups is 1. The van der Waals surface area contributed by atoms with Crippen LogP contribution < -0.4 is 11.0 Å². The summed E-state index contributed by atoms with van der Waals surface area (Å²) in [5.41, 5.74) is 2.62. The zero-order valence-electron chi connectivity index (χ0n) is 18.5. The highest BCUT2D eigenvalue weighted by molar-refractivity contribution is 6.29. The highest BCUT2D eigenvalue weighted by atomic mass is 35.5. The van der Waals surface area contributed by atoms with Crippen molar-refractivity contribution in [2.75, 3.05) is 25.5 Å². The number of piperidine rings is 1. The van der Waals surface area contributed by atoms with Crippen molar-refractivity contribution < 1.29 is 9.53 Å². The molecular formula is C23H25ClN6O3. The van der Waals surface area contributed by atoms with E-state index in [9.17, 15) is 9.59 Å². The Balaban J connectivity index is 1.44. The summed E-state index contributed by atoms with van der Waals surface area (Å²) in [5.74, 6) is 1.55. The Hall–Kier alpha value is -3.33. The number of likely N-dealkylation sites (tertiary alicyclic amines) is 1. The van der Waals surface area contributed by atoms with Gasteiger partial charge >= 0.3 is 5.69 Å². The number of ether oxygens (including phenoxy) is 1. The summed E-state index contributed by atoms with van der Waals surface area (Å²) in [5, 5.41) is 3.60. The van der Waals surface area contributed by atoms with Gasteiger partial charge in [-0.2, -0.15) is 0 Å². The molecule has 1 saturated carbocycles. The molecule has 1 amide bonds. The number of nitrogens with one attached hydrogen (secondary N) is 1. The minimum atomic E-state index is -0.241. The quantitative estimate of drug-likeness (QED) is 0.681. The number of carbonyl (C=O) groups is 1. The van der Waals surface area contributed by atoms with Crippen LogP contribution in [-0.4, -0.2) is 50.9 Å². The van der Waals surface area contributed by atoms with Gasteiger partial charge in [-0.15, -0.1) is 0 Å². The van der Waals surface area contributed by atoms with E-state index >= 15 is 0 Å². The summed E-state index contributed by atoms with van der Waals surface area (Å²) >= 11 is 6.32. The molecule has 9 nitrogen and oxygen atoms in total. The van der Waals surface area contributed by atoms with Gasteiger partial charge in [0.2, 0.25) is 11.8 Å². The maximum atomic E-state index is 13.2. The van der Waals surface area contributed by atoms with Crippen LogP contribution in [0.4, 0.5) is 5.69 Å². The third-order valence-electron chi connectivity index (χ3n) is 6.67. The summed E-state index contributed by atoms with van der Waals surface area (Å²) in [6.45, 7) is 7.53. The SMILES string of the molecule is C=CC(=O)N1CC2C(C1)C2Cn1cc(NC2=CCC(C)=CN=C2OC)c2ncc(Cl)n2c1=O. The number of methoxy groups -OCH3 is 1. The number of rotatable bonds is 5. The van der Waals surface area contributed by atoms with Crippen LogP contribution in [0.1, 0.15) is 13.3 Å². The second-order valence-electron chi connectivity index (χ2n) is 8.72. The van der Waals surface area contributed by atoms with E-state index in [-0.39, 0.29) is 16.8 Å². The molecule has 3 aliphatic rings. The summed E-state index contributed by atoms with van der Waals surface area (Å²) in [6.07, 6.45) is 9.09. The van der Waals surface area contributed by atoms with Gasteiger partial charge < -0.3 is 15.0 Å².